The largest absolute Gasteiger partial charge is 0.316 e. The molecular formula is C11H22ClN. The Morgan fingerprint density at radius 1 is 1.46 bits per heavy atom. The van der Waals surface area contributed by atoms with Crippen LogP contribution in [0, 0.1) is 11.8 Å². The Morgan fingerprint density at radius 3 is 2.69 bits per heavy atom. The van der Waals surface area contributed by atoms with Gasteiger partial charge in [-0.25, -0.2) is 0 Å². The van der Waals surface area contributed by atoms with Gasteiger partial charge in [0.2, 0.25) is 0 Å². The molecule has 0 aromatic rings. The van der Waals surface area contributed by atoms with Gasteiger partial charge < -0.3 is 5.32 Å². The summed E-state index contributed by atoms with van der Waals surface area (Å²) in [5, 5.41) is 3.56. The number of alkyl halides is 1. The molecule has 0 saturated heterocycles. The normalized spacial score (nSPS) is 19.8. The molecule has 1 aliphatic rings. The average molecular weight is 204 g/mol. The van der Waals surface area contributed by atoms with Gasteiger partial charge in [-0.15, -0.1) is 11.6 Å². The molecule has 0 heterocycles. The van der Waals surface area contributed by atoms with E-state index in [0.717, 1.165) is 24.1 Å². The third kappa shape index (κ3) is 4.33. The fraction of sp³-hybridized carbons (Fsp3) is 1.00. The molecular weight excluding hydrogens is 182 g/mol. The molecule has 0 aromatic carbocycles. The molecule has 0 amide bonds. The number of hydrogen-bond acceptors (Lipinski definition) is 1. The summed E-state index contributed by atoms with van der Waals surface area (Å²) in [7, 11) is 0. The molecule has 1 aliphatic carbocycles. The van der Waals surface area contributed by atoms with E-state index in [-0.39, 0.29) is 0 Å². The fourth-order valence-electron chi connectivity index (χ4n) is 1.79. The van der Waals surface area contributed by atoms with Gasteiger partial charge in [0.1, 0.15) is 0 Å². The first kappa shape index (κ1) is 11.3. The highest BCUT2D eigenvalue weighted by atomic mass is 35.5. The van der Waals surface area contributed by atoms with Gasteiger partial charge in [-0.3, -0.25) is 0 Å². The van der Waals surface area contributed by atoms with Crippen LogP contribution in [0.3, 0.4) is 0 Å². The van der Waals surface area contributed by atoms with Crippen molar-refractivity contribution in [3.8, 4) is 0 Å². The monoisotopic (exact) mass is 203 g/mol. The Morgan fingerprint density at radius 2 is 2.23 bits per heavy atom. The van der Waals surface area contributed by atoms with Gasteiger partial charge in [0.25, 0.3) is 0 Å². The van der Waals surface area contributed by atoms with Gasteiger partial charge in [0.15, 0.2) is 0 Å². The molecule has 1 unspecified atom stereocenters. The lowest BCUT2D eigenvalue weighted by Crippen LogP contribution is -2.31. The molecule has 0 aromatic heterocycles. The Labute approximate surface area is 87.2 Å². The fourth-order valence-corrected chi connectivity index (χ4v) is 2.10. The SMILES string of the molecule is CCC(CCCl)CNCC1CCC1. The van der Waals surface area contributed by atoms with E-state index < -0.39 is 0 Å². The summed E-state index contributed by atoms with van der Waals surface area (Å²) in [5.41, 5.74) is 0. The van der Waals surface area contributed by atoms with Gasteiger partial charge in [-0.05, 0) is 44.2 Å². The Bertz CT molecular complexity index is 123. The number of hydrogen-bond donors (Lipinski definition) is 1. The van der Waals surface area contributed by atoms with E-state index in [2.05, 4.69) is 12.2 Å². The van der Waals surface area contributed by atoms with Crippen molar-refractivity contribution in [2.75, 3.05) is 19.0 Å². The maximum Gasteiger partial charge on any atom is 0.0226 e. The second-order valence-electron chi connectivity index (χ2n) is 4.21. The van der Waals surface area contributed by atoms with Crippen LogP contribution < -0.4 is 5.32 Å². The highest BCUT2D eigenvalue weighted by molar-refractivity contribution is 6.17. The van der Waals surface area contributed by atoms with Crippen molar-refractivity contribution in [3.63, 3.8) is 0 Å². The van der Waals surface area contributed by atoms with Crippen molar-refractivity contribution in [3.05, 3.63) is 0 Å². The zero-order valence-electron chi connectivity index (χ0n) is 8.69. The van der Waals surface area contributed by atoms with Crippen molar-refractivity contribution >= 4 is 11.6 Å². The minimum atomic E-state index is 0.789. The van der Waals surface area contributed by atoms with Crippen LogP contribution in [0.25, 0.3) is 0 Å². The van der Waals surface area contributed by atoms with E-state index in [4.69, 9.17) is 11.6 Å². The summed E-state index contributed by atoms with van der Waals surface area (Å²) < 4.78 is 0. The number of nitrogens with one attached hydrogen (secondary N) is 1. The molecule has 0 spiro atoms. The quantitative estimate of drug-likeness (QED) is 0.628. The maximum absolute atomic E-state index is 5.73. The van der Waals surface area contributed by atoms with Crippen LogP contribution in [0.2, 0.25) is 0 Å². The zero-order chi connectivity index (χ0) is 9.52. The molecule has 2 heteroatoms. The summed E-state index contributed by atoms with van der Waals surface area (Å²) in [6, 6.07) is 0. The van der Waals surface area contributed by atoms with Gasteiger partial charge >= 0.3 is 0 Å². The molecule has 0 aliphatic heterocycles. The van der Waals surface area contributed by atoms with E-state index in [0.29, 0.717) is 0 Å². The van der Waals surface area contributed by atoms with E-state index >= 15 is 0 Å². The molecule has 1 fully saturated rings. The van der Waals surface area contributed by atoms with Crippen molar-refractivity contribution in [1.82, 2.24) is 5.32 Å². The van der Waals surface area contributed by atoms with Gasteiger partial charge in [-0.2, -0.15) is 0 Å². The van der Waals surface area contributed by atoms with Crippen LogP contribution in [0.5, 0.6) is 0 Å². The topological polar surface area (TPSA) is 12.0 Å². The highest BCUT2D eigenvalue weighted by Gasteiger charge is 2.16. The van der Waals surface area contributed by atoms with Crippen LogP contribution in [0.15, 0.2) is 0 Å². The van der Waals surface area contributed by atoms with E-state index in [1.807, 2.05) is 0 Å². The number of halogens is 1. The first-order valence-corrected chi connectivity index (χ1v) is 6.17. The minimum Gasteiger partial charge on any atom is -0.316 e. The molecule has 1 nitrogen and oxygen atoms in total. The van der Waals surface area contributed by atoms with Crippen molar-refractivity contribution in [1.29, 1.82) is 0 Å². The lowest BCUT2D eigenvalue weighted by Gasteiger charge is -2.26. The molecule has 1 rings (SSSR count). The second-order valence-corrected chi connectivity index (χ2v) is 4.59. The van der Waals surface area contributed by atoms with Crippen molar-refractivity contribution in [2.45, 2.75) is 39.0 Å². The summed E-state index contributed by atoms with van der Waals surface area (Å²) in [6.07, 6.45) is 6.75. The standard InChI is InChI=1S/C11H22ClN/c1-2-10(6-7-12)8-13-9-11-4-3-5-11/h10-11,13H,2-9H2,1H3. The minimum absolute atomic E-state index is 0.789. The molecule has 13 heavy (non-hydrogen) atoms. The molecule has 78 valence electrons. The van der Waals surface area contributed by atoms with E-state index in [1.54, 1.807) is 0 Å². The number of rotatable bonds is 7. The highest BCUT2D eigenvalue weighted by Crippen LogP contribution is 2.25. The summed E-state index contributed by atoms with van der Waals surface area (Å²) >= 11 is 5.73. The predicted octanol–water partition coefficient (Wildman–Crippen LogP) is 3.03. The molecule has 0 radical (unpaired) electrons. The maximum atomic E-state index is 5.73. The lowest BCUT2D eigenvalue weighted by molar-refractivity contribution is 0.292. The van der Waals surface area contributed by atoms with E-state index in [9.17, 15) is 0 Å². The van der Waals surface area contributed by atoms with Crippen LogP contribution in [0.4, 0.5) is 0 Å². The van der Waals surface area contributed by atoms with Crippen LogP contribution in [0.1, 0.15) is 39.0 Å². The Balaban J connectivity index is 1.94. The van der Waals surface area contributed by atoms with Gasteiger partial charge in [-0.1, -0.05) is 19.8 Å². The third-order valence-corrected chi connectivity index (χ3v) is 3.40. The van der Waals surface area contributed by atoms with Crippen molar-refractivity contribution in [2.24, 2.45) is 11.8 Å². The second kappa shape index (κ2) is 6.67. The predicted molar refractivity (Wildman–Crippen MR) is 59.3 cm³/mol. The van der Waals surface area contributed by atoms with Crippen LogP contribution >= 0.6 is 11.6 Å². The van der Waals surface area contributed by atoms with Gasteiger partial charge in [0.05, 0.1) is 0 Å². The first-order valence-electron chi connectivity index (χ1n) is 5.63. The smallest absolute Gasteiger partial charge is 0.0226 e. The molecule has 1 atom stereocenters. The first-order chi connectivity index (χ1) is 6.36. The molecule has 1 saturated carbocycles. The van der Waals surface area contributed by atoms with Crippen LogP contribution in [-0.2, 0) is 0 Å². The Kier molecular flexibility index (Phi) is 5.81. The zero-order valence-corrected chi connectivity index (χ0v) is 9.45. The summed E-state index contributed by atoms with van der Waals surface area (Å²) in [6.45, 7) is 4.65. The Hall–Kier alpha value is 0.250. The van der Waals surface area contributed by atoms with Crippen LogP contribution in [-0.4, -0.2) is 19.0 Å². The summed E-state index contributed by atoms with van der Waals surface area (Å²) in [4.78, 5) is 0. The average Bonchev–Trinajstić information content (AvgIpc) is 2.07. The van der Waals surface area contributed by atoms with Gasteiger partial charge in [0, 0.05) is 5.88 Å². The van der Waals surface area contributed by atoms with Crippen molar-refractivity contribution < 1.29 is 0 Å². The third-order valence-electron chi connectivity index (χ3n) is 3.19. The van der Waals surface area contributed by atoms with E-state index in [1.165, 1.54) is 38.8 Å². The molecule has 0 bridgehead atoms. The molecule has 1 N–H and O–H groups in total. The summed E-state index contributed by atoms with van der Waals surface area (Å²) in [5.74, 6) is 2.58. The lowest BCUT2D eigenvalue weighted by atomic mass is 9.85.